The standard InChI is InChI=1S/C16H15Cl2NO2/c1-21-15-5-3-2-4-11(15)8-9-19-16(20)12-6-7-13(17)14(18)10-12/h2-7,10H,8-9H2,1H3,(H,19,20). The van der Waals surface area contributed by atoms with Crippen molar-refractivity contribution in [1.82, 2.24) is 5.32 Å². The van der Waals surface area contributed by atoms with Crippen LogP contribution in [0.5, 0.6) is 5.75 Å². The van der Waals surface area contributed by atoms with Gasteiger partial charge in [-0.1, -0.05) is 41.4 Å². The molecule has 0 aliphatic heterocycles. The smallest absolute Gasteiger partial charge is 0.251 e. The zero-order chi connectivity index (χ0) is 15.2. The van der Waals surface area contributed by atoms with E-state index in [-0.39, 0.29) is 5.91 Å². The Hall–Kier alpha value is -1.71. The number of para-hydroxylation sites is 1. The summed E-state index contributed by atoms with van der Waals surface area (Å²) in [5, 5.41) is 3.65. The molecule has 0 saturated heterocycles. The van der Waals surface area contributed by atoms with Crippen LogP contribution in [0.4, 0.5) is 0 Å². The van der Waals surface area contributed by atoms with Crippen molar-refractivity contribution >= 4 is 29.1 Å². The lowest BCUT2D eigenvalue weighted by Crippen LogP contribution is -2.25. The number of hydrogen-bond donors (Lipinski definition) is 1. The summed E-state index contributed by atoms with van der Waals surface area (Å²) in [6.07, 6.45) is 0.692. The summed E-state index contributed by atoms with van der Waals surface area (Å²) in [5.74, 6) is 0.643. The molecule has 0 unspecified atom stereocenters. The molecule has 0 atom stereocenters. The van der Waals surface area contributed by atoms with E-state index in [1.165, 1.54) is 0 Å². The van der Waals surface area contributed by atoms with Crippen molar-refractivity contribution in [3.8, 4) is 5.75 Å². The van der Waals surface area contributed by atoms with Gasteiger partial charge < -0.3 is 10.1 Å². The molecule has 21 heavy (non-hydrogen) atoms. The van der Waals surface area contributed by atoms with Gasteiger partial charge in [0.25, 0.3) is 5.91 Å². The van der Waals surface area contributed by atoms with Crippen molar-refractivity contribution in [3.05, 3.63) is 63.6 Å². The minimum Gasteiger partial charge on any atom is -0.496 e. The SMILES string of the molecule is COc1ccccc1CCNC(=O)c1ccc(Cl)c(Cl)c1. The number of ether oxygens (including phenoxy) is 1. The molecule has 110 valence electrons. The maximum atomic E-state index is 12.0. The molecule has 2 rings (SSSR count). The van der Waals surface area contributed by atoms with Crippen molar-refractivity contribution < 1.29 is 9.53 Å². The molecule has 0 heterocycles. The van der Waals surface area contributed by atoms with Crippen LogP contribution < -0.4 is 10.1 Å². The normalized spacial score (nSPS) is 10.2. The first kappa shape index (κ1) is 15.7. The second-order valence-electron chi connectivity index (χ2n) is 4.45. The Morgan fingerprint density at radius 2 is 1.90 bits per heavy atom. The lowest BCUT2D eigenvalue weighted by molar-refractivity contribution is 0.0954. The van der Waals surface area contributed by atoms with Crippen LogP contribution in [-0.2, 0) is 6.42 Å². The zero-order valence-corrected chi connectivity index (χ0v) is 13.0. The van der Waals surface area contributed by atoms with Gasteiger partial charge in [0.15, 0.2) is 0 Å². The summed E-state index contributed by atoms with van der Waals surface area (Å²) < 4.78 is 5.27. The second kappa shape index (κ2) is 7.34. The van der Waals surface area contributed by atoms with E-state index in [0.29, 0.717) is 28.6 Å². The summed E-state index contributed by atoms with van der Waals surface area (Å²) in [7, 11) is 1.63. The van der Waals surface area contributed by atoms with E-state index in [0.717, 1.165) is 11.3 Å². The van der Waals surface area contributed by atoms with Crippen LogP contribution in [0.25, 0.3) is 0 Å². The average molecular weight is 324 g/mol. The van der Waals surface area contributed by atoms with Gasteiger partial charge in [-0.3, -0.25) is 4.79 Å². The number of carbonyl (C=O) groups is 1. The van der Waals surface area contributed by atoms with Crippen LogP contribution in [0.3, 0.4) is 0 Å². The molecule has 0 saturated carbocycles. The summed E-state index contributed by atoms with van der Waals surface area (Å²) in [6, 6.07) is 12.5. The van der Waals surface area contributed by atoms with Gasteiger partial charge in [-0.25, -0.2) is 0 Å². The molecule has 0 fully saturated rings. The van der Waals surface area contributed by atoms with E-state index >= 15 is 0 Å². The third-order valence-electron chi connectivity index (χ3n) is 3.05. The van der Waals surface area contributed by atoms with Crippen LogP contribution >= 0.6 is 23.2 Å². The number of rotatable bonds is 5. The molecule has 0 aliphatic carbocycles. The maximum absolute atomic E-state index is 12.0. The van der Waals surface area contributed by atoms with Crippen molar-refractivity contribution in [2.75, 3.05) is 13.7 Å². The van der Waals surface area contributed by atoms with Gasteiger partial charge in [0.05, 0.1) is 17.2 Å². The average Bonchev–Trinajstić information content (AvgIpc) is 2.50. The molecule has 0 aliphatic rings. The van der Waals surface area contributed by atoms with Gasteiger partial charge in [0.1, 0.15) is 5.75 Å². The van der Waals surface area contributed by atoms with Crippen molar-refractivity contribution in [1.29, 1.82) is 0 Å². The van der Waals surface area contributed by atoms with Crippen LogP contribution in [0, 0.1) is 0 Å². The van der Waals surface area contributed by atoms with Gasteiger partial charge in [-0.2, -0.15) is 0 Å². The third kappa shape index (κ3) is 4.13. The molecule has 2 aromatic carbocycles. The summed E-state index contributed by atoms with van der Waals surface area (Å²) in [5.41, 5.74) is 1.54. The van der Waals surface area contributed by atoms with Gasteiger partial charge in [0, 0.05) is 12.1 Å². The molecule has 1 amide bonds. The van der Waals surface area contributed by atoms with Crippen LogP contribution in [-0.4, -0.2) is 19.6 Å². The van der Waals surface area contributed by atoms with E-state index in [1.807, 2.05) is 24.3 Å². The Morgan fingerprint density at radius 1 is 1.14 bits per heavy atom. The molecule has 1 N–H and O–H groups in total. The van der Waals surface area contributed by atoms with E-state index in [4.69, 9.17) is 27.9 Å². The molecule has 0 aromatic heterocycles. The van der Waals surface area contributed by atoms with Gasteiger partial charge in [0.2, 0.25) is 0 Å². The number of nitrogens with one attached hydrogen (secondary N) is 1. The molecule has 5 heteroatoms. The van der Waals surface area contributed by atoms with Crippen LogP contribution in [0.1, 0.15) is 15.9 Å². The fourth-order valence-electron chi connectivity index (χ4n) is 1.96. The highest BCUT2D eigenvalue weighted by molar-refractivity contribution is 6.42. The largest absolute Gasteiger partial charge is 0.496 e. The first-order valence-corrected chi connectivity index (χ1v) is 7.22. The maximum Gasteiger partial charge on any atom is 0.251 e. The number of amides is 1. The van der Waals surface area contributed by atoms with Crippen molar-refractivity contribution in [2.45, 2.75) is 6.42 Å². The fraction of sp³-hybridized carbons (Fsp3) is 0.188. The van der Waals surface area contributed by atoms with Gasteiger partial charge in [-0.15, -0.1) is 0 Å². The Balaban J connectivity index is 1.93. The summed E-state index contributed by atoms with van der Waals surface area (Å²) >= 11 is 11.7. The number of halogens is 2. The minimum absolute atomic E-state index is 0.177. The van der Waals surface area contributed by atoms with E-state index < -0.39 is 0 Å². The monoisotopic (exact) mass is 323 g/mol. The molecule has 2 aromatic rings. The predicted molar refractivity (Wildman–Crippen MR) is 85.5 cm³/mol. The van der Waals surface area contributed by atoms with E-state index in [1.54, 1.807) is 25.3 Å². The first-order chi connectivity index (χ1) is 10.1. The molecule has 0 bridgehead atoms. The highest BCUT2D eigenvalue weighted by atomic mass is 35.5. The number of hydrogen-bond acceptors (Lipinski definition) is 2. The number of benzene rings is 2. The lowest BCUT2D eigenvalue weighted by Gasteiger charge is -2.09. The molecule has 3 nitrogen and oxygen atoms in total. The van der Waals surface area contributed by atoms with Gasteiger partial charge in [-0.05, 0) is 36.2 Å². The Bertz CT molecular complexity index is 644. The summed E-state index contributed by atoms with van der Waals surface area (Å²) in [6.45, 7) is 0.513. The lowest BCUT2D eigenvalue weighted by atomic mass is 10.1. The predicted octanol–water partition coefficient (Wildman–Crippen LogP) is 3.97. The molecular weight excluding hydrogens is 309 g/mol. The van der Waals surface area contributed by atoms with Crippen LogP contribution in [0.15, 0.2) is 42.5 Å². The highest BCUT2D eigenvalue weighted by Crippen LogP contribution is 2.22. The third-order valence-corrected chi connectivity index (χ3v) is 3.79. The van der Waals surface area contributed by atoms with Crippen molar-refractivity contribution in [3.63, 3.8) is 0 Å². The number of methoxy groups -OCH3 is 1. The second-order valence-corrected chi connectivity index (χ2v) is 5.26. The molecular formula is C16H15Cl2NO2. The first-order valence-electron chi connectivity index (χ1n) is 6.47. The topological polar surface area (TPSA) is 38.3 Å². The number of carbonyl (C=O) groups excluding carboxylic acids is 1. The molecule has 0 spiro atoms. The van der Waals surface area contributed by atoms with Crippen molar-refractivity contribution in [2.24, 2.45) is 0 Å². The van der Waals surface area contributed by atoms with Crippen LogP contribution in [0.2, 0.25) is 10.0 Å². The Kier molecular flexibility index (Phi) is 5.48. The fourth-order valence-corrected chi connectivity index (χ4v) is 2.26. The zero-order valence-electron chi connectivity index (χ0n) is 11.5. The molecule has 0 radical (unpaired) electrons. The van der Waals surface area contributed by atoms with Gasteiger partial charge >= 0.3 is 0 Å². The Morgan fingerprint density at radius 3 is 2.62 bits per heavy atom. The summed E-state index contributed by atoms with van der Waals surface area (Å²) in [4.78, 5) is 12.0. The Labute approximate surface area is 133 Å². The van der Waals surface area contributed by atoms with E-state index in [9.17, 15) is 4.79 Å². The highest BCUT2D eigenvalue weighted by Gasteiger charge is 2.08. The quantitative estimate of drug-likeness (QED) is 0.904. The minimum atomic E-state index is -0.177. The van der Waals surface area contributed by atoms with E-state index in [2.05, 4.69) is 5.32 Å².